The van der Waals surface area contributed by atoms with Crippen LogP contribution in [0.3, 0.4) is 0 Å². The van der Waals surface area contributed by atoms with E-state index in [4.69, 9.17) is 15.3 Å². The molecule has 0 unspecified atom stereocenters. The van der Waals surface area contributed by atoms with Crippen LogP contribution in [-0.4, -0.2) is 36.3 Å². The number of rotatable bonds is 8. The fourth-order valence-electron chi connectivity index (χ4n) is 2.82. The Kier molecular flexibility index (Phi) is 6.13. The second-order valence-corrected chi connectivity index (χ2v) is 7.30. The lowest BCUT2D eigenvalue weighted by Crippen LogP contribution is -2.34. The number of benzene rings is 2. The molecule has 0 atom stereocenters. The maximum Gasteiger partial charge on any atom is 0.292 e. The molecule has 150 valence electrons. The van der Waals surface area contributed by atoms with Crippen LogP contribution in [0.2, 0.25) is 0 Å². The van der Waals surface area contributed by atoms with Crippen LogP contribution in [0, 0.1) is 0 Å². The van der Waals surface area contributed by atoms with E-state index in [-0.39, 0.29) is 12.2 Å². The molecule has 1 aromatic heterocycles. The van der Waals surface area contributed by atoms with Crippen molar-refractivity contribution in [1.82, 2.24) is 5.06 Å². The summed E-state index contributed by atoms with van der Waals surface area (Å²) in [5.74, 6) is -1.35. The highest BCUT2D eigenvalue weighted by Crippen LogP contribution is 2.38. The van der Waals surface area contributed by atoms with Gasteiger partial charge in [-0.25, -0.2) is 0 Å². The standard InChI is InChI=1S/C21H20N2O5S/c1-3-15-19(20(25)21(22)26)18-14(10-7-11-16(18)29-15)27-12-17(24)23(2)28-13-8-5-4-6-9-13/h4-11H,3,12H2,1-2H3,(H2,22,26). The molecular formula is C21H20N2O5S. The van der Waals surface area contributed by atoms with E-state index in [2.05, 4.69) is 0 Å². The Balaban J connectivity index is 1.83. The zero-order valence-electron chi connectivity index (χ0n) is 16.0. The van der Waals surface area contributed by atoms with Crippen LogP contribution >= 0.6 is 11.3 Å². The second kappa shape index (κ2) is 8.74. The van der Waals surface area contributed by atoms with Crippen LogP contribution in [0.15, 0.2) is 48.5 Å². The van der Waals surface area contributed by atoms with Crippen molar-refractivity contribution >= 4 is 39.0 Å². The summed E-state index contributed by atoms with van der Waals surface area (Å²) in [6.07, 6.45) is 0.569. The van der Waals surface area contributed by atoms with Gasteiger partial charge in [0.2, 0.25) is 0 Å². The third-order valence-electron chi connectivity index (χ3n) is 4.21. The SMILES string of the molecule is CCc1sc2cccc(OCC(=O)N(C)Oc3ccccc3)c2c1C(=O)C(N)=O. The molecule has 0 aliphatic carbocycles. The number of hydrogen-bond acceptors (Lipinski definition) is 6. The summed E-state index contributed by atoms with van der Waals surface area (Å²) in [5.41, 5.74) is 5.47. The van der Waals surface area contributed by atoms with Crippen molar-refractivity contribution in [2.24, 2.45) is 5.73 Å². The molecule has 3 aromatic rings. The number of carbonyl (C=O) groups excluding carboxylic acids is 3. The average Bonchev–Trinajstić information content (AvgIpc) is 3.11. The predicted molar refractivity (Wildman–Crippen MR) is 110 cm³/mol. The van der Waals surface area contributed by atoms with Gasteiger partial charge in [0.25, 0.3) is 17.6 Å². The first-order valence-electron chi connectivity index (χ1n) is 8.93. The number of para-hydroxylation sites is 1. The highest BCUT2D eigenvalue weighted by Gasteiger charge is 2.25. The second-order valence-electron chi connectivity index (χ2n) is 6.16. The first-order chi connectivity index (χ1) is 13.9. The summed E-state index contributed by atoms with van der Waals surface area (Å²) >= 11 is 1.40. The molecule has 8 heteroatoms. The van der Waals surface area contributed by atoms with Gasteiger partial charge in [0.15, 0.2) is 12.4 Å². The van der Waals surface area contributed by atoms with E-state index in [1.165, 1.54) is 18.4 Å². The maximum atomic E-state index is 12.4. The van der Waals surface area contributed by atoms with Crippen LogP contribution in [-0.2, 0) is 16.0 Å². The number of hydroxylamine groups is 2. The molecule has 29 heavy (non-hydrogen) atoms. The fraction of sp³-hybridized carbons (Fsp3) is 0.190. The Morgan fingerprint density at radius 2 is 1.79 bits per heavy atom. The van der Waals surface area contributed by atoms with Crippen LogP contribution in [0.1, 0.15) is 22.2 Å². The van der Waals surface area contributed by atoms with Gasteiger partial charge < -0.3 is 15.3 Å². The van der Waals surface area contributed by atoms with E-state index in [9.17, 15) is 14.4 Å². The van der Waals surface area contributed by atoms with Gasteiger partial charge in [0, 0.05) is 22.0 Å². The molecular weight excluding hydrogens is 392 g/mol. The number of Topliss-reactive ketones (excluding diaryl/α,β-unsaturated/α-hetero) is 1. The zero-order chi connectivity index (χ0) is 21.0. The lowest BCUT2D eigenvalue weighted by molar-refractivity contribution is -0.154. The van der Waals surface area contributed by atoms with Crippen LogP contribution < -0.4 is 15.3 Å². The van der Waals surface area contributed by atoms with Crippen molar-refractivity contribution in [2.45, 2.75) is 13.3 Å². The lowest BCUT2D eigenvalue weighted by atomic mass is 10.0. The third-order valence-corrected chi connectivity index (χ3v) is 5.51. The normalized spacial score (nSPS) is 10.6. The lowest BCUT2D eigenvalue weighted by Gasteiger charge is -2.18. The largest absolute Gasteiger partial charge is 0.483 e. The number of ketones is 1. The molecule has 0 saturated heterocycles. The third kappa shape index (κ3) is 4.38. The van der Waals surface area contributed by atoms with Crippen molar-refractivity contribution in [2.75, 3.05) is 13.7 Å². The number of hydrogen-bond donors (Lipinski definition) is 1. The van der Waals surface area contributed by atoms with Crippen LogP contribution in [0.4, 0.5) is 0 Å². The number of nitrogens with zero attached hydrogens (tertiary/aromatic N) is 1. The number of fused-ring (bicyclic) bond motifs is 1. The zero-order valence-corrected chi connectivity index (χ0v) is 16.8. The summed E-state index contributed by atoms with van der Waals surface area (Å²) in [6, 6.07) is 14.1. The molecule has 0 aliphatic rings. The highest BCUT2D eigenvalue weighted by molar-refractivity contribution is 7.19. The predicted octanol–water partition coefficient (Wildman–Crippen LogP) is 2.96. The van der Waals surface area contributed by atoms with Crippen molar-refractivity contribution in [3.05, 3.63) is 59.0 Å². The highest BCUT2D eigenvalue weighted by atomic mass is 32.1. The number of carbonyl (C=O) groups is 3. The maximum absolute atomic E-state index is 12.4. The van der Waals surface area contributed by atoms with Gasteiger partial charge in [-0.2, -0.15) is 5.06 Å². The number of primary amides is 1. The number of amides is 2. The van der Waals surface area contributed by atoms with E-state index in [0.29, 0.717) is 23.3 Å². The van der Waals surface area contributed by atoms with E-state index >= 15 is 0 Å². The molecule has 0 saturated carbocycles. The number of thiophene rings is 1. The Morgan fingerprint density at radius 1 is 1.07 bits per heavy atom. The summed E-state index contributed by atoms with van der Waals surface area (Å²) in [6.45, 7) is 1.59. The summed E-state index contributed by atoms with van der Waals surface area (Å²) < 4.78 is 6.48. The van der Waals surface area contributed by atoms with E-state index in [0.717, 1.165) is 14.6 Å². The molecule has 7 nitrogen and oxygen atoms in total. The van der Waals surface area contributed by atoms with E-state index in [1.54, 1.807) is 36.4 Å². The van der Waals surface area contributed by atoms with Crippen molar-refractivity contribution in [3.8, 4) is 11.5 Å². The van der Waals surface area contributed by atoms with Crippen LogP contribution in [0.25, 0.3) is 10.1 Å². The van der Waals surface area contributed by atoms with Gasteiger partial charge in [0.05, 0.1) is 5.56 Å². The minimum absolute atomic E-state index is 0.247. The molecule has 1 heterocycles. The first kappa shape index (κ1) is 20.3. The van der Waals surface area contributed by atoms with Gasteiger partial charge in [0.1, 0.15) is 5.75 Å². The van der Waals surface area contributed by atoms with Crippen molar-refractivity contribution in [3.63, 3.8) is 0 Å². The summed E-state index contributed by atoms with van der Waals surface area (Å²) in [4.78, 5) is 42.5. The molecule has 0 radical (unpaired) electrons. The van der Waals surface area contributed by atoms with Crippen molar-refractivity contribution in [1.29, 1.82) is 0 Å². The molecule has 0 spiro atoms. The Hall–Kier alpha value is -3.39. The first-order valence-corrected chi connectivity index (χ1v) is 9.75. The molecule has 0 aliphatic heterocycles. The smallest absolute Gasteiger partial charge is 0.292 e. The fourth-order valence-corrected chi connectivity index (χ4v) is 3.98. The molecule has 2 N–H and O–H groups in total. The minimum Gasteiger partial charge on any atom is -0.483 e. The molecule has 2 aromatic carbocycles. The monoisotopic (exact) mass is 412 g/mol. The Labute approximate surface area is 171 Å². The van der Waals surface area contributed by atoms with Gasteiger partial charge in [-0.05, 0) is 30.7 Å². The summed E-state index contributed by atoms with van der Waals surface area (Å²) in [7, 11) is 1.49. The minimum atomic E-state index is -1.03. The number of ether oxygens (including phenoxy) is 1. The number of likely N-dealkylation sites (N-methyl/N-ethyl adjacent to an activating group) is 1. The summed E-state index contributed by atoms with van der Waals surface area (Å²) in [5, 5.41) is 1.58. The van der Waals surface area contributed by atoms with Gasteiger partial charge in [-0.3, -0.25) is 14.4 Å². The van der Waals surface area contributed by atoms with E-state index in [1.807, 2.05) is 19.1 Å². The number of aryl methyl sites for hydroxylation is 1. The topological polar surface area (TPSA) is 98.9 Å². The molecule has 3 rings (SSSR count). The quantitative estimate of drug-likeness (QED) is 0.348. The van der Waals surface area contributed by atoms with Crippen LogP contribution in [0.5, 0.6) is 11.5 Å². The number of nitrogens with two attached hydrogens (primary N) is 1. The van der Waals surface area contributed by atoms with Gasteiger partial charge in [-0.15, -0.1) is 11.3 Å². The van der Waals surface area contributed by atoms with E-state index < -0.39 is 17.6 Å². The molecule has 0 bridgehead atoms. The Bertz CT molecular complexity index is 1060. The van der Waals surface area contributed by atoms with Crippen molar-refractivity contribution < 1.29 is 24.0 Å². The Morgan fingerprint density at radius 3 is 2.45 bits per heavy atom. The average molecular weight is 412 g/mol. The molecule has 2 amide bonds. The van der Waals surface area contributed by atoms with Gasteiger partial charge in [-0.1, -0.05) is 31.2 Å². The van der Waals surface area contributed by atoms with Gasteiger partial charge >= 0.3 is 0 Å². The molecule has 0 fully saturated rings.